The second kappa shape index (κ2) is 6.41. The second-order valence-corrected chi connectivity index (χ2v) is 6.23. The Labute approximate surface area is 145 Å². The van der Waals surface area contributed by atoms with Gasteiger partial charge in [0.25, 0.3) is 0 Å². The maximum absolute atomic E-state index is 13.0. The number of benzene rings is 2. The van der Waals surface area contributed by atoms with Crippen molar-refractivity contribution in [1.82, 2.24) is 9.58 Å². The Morgan fingerprint density at radius 3 is 2.62 bits per heavy atom. The molecule has 0 aliphatic heterocycles. The summed E-state index contributed by atoms with van der Waals surface area (Å²) in [6, 6.07) is 15.4. The number of aromatic nitrogens is 2. The lowest BCUT2D eigenvalue weighted by molar-refractivity contribution is -0.337. The van der Waals surface area contributed by atoms with Gasteiger partial charge in [-0.3, -0.25) is 0 Å². The number of fused-ring (bicyclic) bond motifs is 1. The van der Waals surface area contributed by atoms with Gasteiger partial charge in [-0.1, -0.05) is 34.5 Å². The van der Waals surface area contributed by atoms with Gasteiger partial charge in [-0.2, -0.15) is 5.43 Å². The van der Waals surface area contributed by atoms with E-state index in [4.69, 9.17) is 12.2 Å². The van der Waals surface area contributed by atoms with Crippen molar-refractivity contribution in [2.75, 3.05) is 19.5 Å². The predicted octanol–water partition coefficient (Wildman–Crippen LogP) is 2.18. The van der Waals surface area contributed by atoms with Crippen molar-refractivity contribution in [3.8, 4) is 11.4 Å². The topological polar surface area (TPSA) is 51.4 Å². The van der Waals surface area contributed by atoms with Gasteiger partial charge in [0.05, 0.1) is 5.56 Å². The number of hydrogen-bond donors (Lipinski definition) is 1. The summed E-state index contributed by atoms with van der Waals surface area (Å²) in [7, 11) is 3.66. The fraction of sp³-hybridized carbons (Fsp3) is 0.167. The zero-order valence-electron chi connectivity index (χ0n) is 13.8. The van der Waals surface area contributed by atoms with E-state index in [0.717, 1.165) is 16.6 Å². The molecule has 0 amide bonds. The molecule has 2 aromatic carbocycles. The van der Waals surface area contributed by atoms with Gasteiger partial charge in [-0.15, -0.1) is 0 Å². The van der Waals surface area contributed by atoms with Crippen LogP contribution in [0, 0.1) is 6.92 Å². The van der Waals surface area contributed by atoms with Crippen LogP contribution in [0.15, 0.2) is 53.3 Å². The zero-order chi connectivity index (χ0) is 17.3. The van der Waals surface area contributed by atoms with Gasteiger partial charge in [0.2, 0.25) is 5.11 Å². The quantitative estimate of drug-likeness (QED) is 0.727. The van der Waals surface area contributed by atoms with Crippen molar-refractivity contribution in [2.24, 2.45) is 0 Å². The van der Waals surface area contributed by atoms with Crippen LogP contribution in [0.25, 0.3) is 22.3 Å². The molecule has 0 bridgehead atoms. The van der Waals surface area contributed by atoms with E-state index in [1.165, 1.54) is 4.68 Å². The highest BCUT2D eigenvalue weighted by Crippen LogP contribution is 2.16. The molecule has 5 nitrogen and oxygen atoms in total. The Morgan fingerprint density at radius 2 is 1.92 bits per heavy atom. The van der Waals surface area contributed by atoms with Crippen LogP contribution in [-0.2, 0) is 0 Å². The third-order valence-corrected chi connectivity index (χ3v) is 4.20. The third-order valence-electron chi connectivity index (χ3n) is 3.74. The van der Waals surface area contributed by atoms with Crippen molar-refractivity contribution < 1.29 is 4.98 Å². The summed E-state index contributed by atoms with van der Waals surface area (Å²) in [6.07, 6.45) is 0. The number of hydrogen-bond acceptors (Lipinski definition) is 2. The van der Waals surface area contributed by atoms with Crippen molar-refractivity contribution in [3.05, 3.63) is 64.4 Å². The maximum atomic E-state index is 13.0. The fourth-order valence-corrected chi connectivity index (χ4v) is 2.57. The predicted molar refractivity (Wildman–Crippen MR) is 101 cm³/mol. The largest absolute Gasteiger partial charge is 0.369 e. The summed E-state index contributed by atoms with van der Waals surface area (Å²) < 4.78 is 1.47. The molecule has 0 unspecified atom stereocenters. The van der Waals surface area contributed by atoms with E-state index in [1.54, 1.807) is 11.0 Å². The maximum Gasteiger partial charge on any atom is 0.369 e. The van der Waals surface area contributed by atoms with E-state index in [-0.39, 0.29) is 5.56 Å². The lowest BCUT2D eigenvalue weighted by Crippen LogP contribution is -2.42. The summed E-state index contributed by atoms with van der Waals surface area (Å²) in [4.78, 5) is 18.1. The Hall–Kier alpha value is -2.73. The van der Waals surface area contributed by atoms with Crippen LogP contribution in [0.1, 0.15) is 5.56 Å². The minimum Gasteiger partial charge on any atom is -0.353 e. The lowest BCUT2D eigenvalue weighted by Gasteiger charge is -2.15. The van der Waals surface area contributed by atoms with Gasteiger partial charge < -0.3 is 4.90 Å². The molecule has 0 atom stereocenters. The van der Waals surface area contributed by atoms with Crippen LogP contribution in [0.5, 0.6) is 0 Å². The molecule has 24 heavy (non-hydrogen) atoms. The molecular formula is C18H19N4OS+. The Kier molecular flexibility index (Phi) is 4.31. The molecule has 6 heteroatoms. The zero-order valence-corrected chi connectivity index (χ0v) is 14.6. The molecule has 122 valence electrons. The molecule has 0 saturated carbocycles. The van der Waals surface area contributed by atoms with Gasteiger partial charge >= 0.3 is 11.4 Å². The molecule has 0 fully saturated rings. The highest BCUT2D eigenvalue weighted by molar-refractivity contribution is 7.80. The van der Waals surface area contributed by atoms with E-state index < -0.39 is 0 Å². The van der Waals surface area contributed by atoms with Crippen LogP contribution in [0.2, 0.25) is 0 Å². The normalized spacial score (nSPS) is 10.6. The molecule has 0 radical (unpaired) electrons. The minimum atomic E-state index is -0.148. The fourth-order valence-electron chi connectivity index (χ4n) is 2.48. The highest BCUT2D eigenvalue weighted by atomic mass is 32.1. The number of nitrogens with zero attached hydrogens (tertiary/aromatic N) is 2. The minimum absolute atomic E-state index is 0.148. The average Bonchev–Trinajstić information content (AvgIpc) is 2.57. The van der Waals surface area contributed by atoms with E-state index in [9.17, 15) is 4.79 Å². The molecule has 0 saturated heterocycles. The summed E-state index contributed by atoms with van der Waals surface area (Å²) in [5, 5.41) is 1.05. The van der Waals surface area contributed by atoms with Crippen molar-refractivity contribution in [1.29, 1.82) is 0 Å². The molecule has 3 aromatic rings. The summed E-state index contributed by atoms with van der Waals surface area (Å²) >= 11 is 5.32. The van der Waals surface area contributed by atoms with Gasteiger partial charge in [0, 0.05) is 14.1 Å². The van der Waals surface area contributed by atoms with E-state index in [0.29, 0.717) is 16.3 Å². The number of aromatic amines is 1. The first-order valence-electron chi connectivity index (χ1n) is 7.60. The number of aryl methyl sites for hydroxylation is 1. The van der Waals surface area contributed by atoms with Gasteiger partial charge in [0.15, 0.2) is 0 Å². The molecule has 2 N–H and O–H groups in total. The number of para-hydroxylation sites is 1. The van der Waals surface area contributed by atoms with E-state index in [1.807, 2.05) is 63.5 Å². The first-order valence-corrected chi connectivity index (χ1v) is 8.00. The number of thiocarbonyl (C=S) groups is 1. The first kappa shape index (κ1) is 16.1. The summed E-state index contributed by atoms with van der Waals surface area (Å²) in [5.74, 6) is 0.659. The monoisotopic (exact) mass is 339 g/mol. The van der Waals surface area contributed by atoms with E-state index in [2.05, 4.69) is 10.4 Å². The molecule has 0 spiro atoms. The Balaban J connectivity index is 2.29. The Bertz CT molecular complexity index is 978. The first-order chi connectivity index (χ1) is 11.5. The molecular weight excluding hydrogens is 320 g/mol. The van der Waals surface area contributed by atoms with Crippen molar-refractivity contribution in [2.45, 2.75) is 6.92 Å². The smallest absolute Gasteiger partial charge is 0.353 e. The summed E-state index contributed by atoms with van der Waals surface area (Å²) in [5.41, 5.74) is 5.68. The lowest BCUT2D eigenvalue weighted by atomic mass is 10.1. The van der Waals surface area contributed by atoms with Gasteiger partial charge in [-0.25, -0.2) is 9.78 Å². The van der Waals surface area contributed by atoms with Crippen molar-refractivity contribution >= 4 is 28.2 Å². The molecule has 3 rings (SSSR count). The SMILES string of the molecule is Cc1cccc(-c2[nH+]c3ccccc3c(=O)n2NC(=S)N(C)C)c1. The van der Waals surface area contributed by atoms with Gasteiger partial charge in [-0.05, 0) is 43.4 Å². The molecule has 1 heterocycles. The number of H-pyrrole nitrogens is 1. The van der Waals surface area contributed by atoms with Crippen LogP contribution in [0.3, 0.4) is 0 Å². The van der Waals surface area contributed by atoms with Crippen molar-refractivity contribution in [3.63, 3.8) is 0 Å². The number of rotatable bonds is 2. The van der Waals surface area contributed by atoms with Crippen LogP contribution >= 0.6 is 12.2 Å². The van der Waals surface area contributed by atoms with Crippen LogP contribution in [0.4, 0.5) is 0 Å². The second-order valence-electron chi connectivity index (χ2n) is 5.84. The van der Waals surface area contributed by atoms with E-state index >= 15 is 0 Å². The van der Waals surface area contributed by atoms with Crippen LogP contribution < -0.4 is 16.0 Å². The van der Waals surface area contributed by atoms with Gasteiger partial charge in [0.1, 0.15) is 10.9 Å². The molecule has 0 aliphatic carbocycles. The summed E-state index contributed by atoms with van der Waals surface area (Å²) in [6.45, 7) is 2.02. The third kappa shape index (κ3) is 3.00. The Morgan fingerprint density at radius 1 is 1.17 bits per heavy atom. The standard InChI is InChI=1S/C18H18N4OS/c1-12-7-6-8-13(11-12)16-19-15-10-5-4-9-14(15)17(23)22(16)20-18(24)21(2)3/h4-11H,1-3H3,(H,20,24)/p+1. The number of nitrogens with one attached hydrogen (secondary N) is 2. The highest BCUT2D eigenvalue weighted by Gasteiger charge is 2.21. The molecule has 0 aliphatic rings. The average molecular weight is 339 g/mol. The molecule has 1 aromatic heterocycles. The van der Waals surface area contributed by atoms with Crippen LogP contribution in [-0.4, -0.2) is 28.8 Å².